The summed E-state index contributed by atoms with van der Waals surface area (Å²) in [5.74, 6) is 1.64. The van der Waals surface area contributed by atoms with Gasteiger partial charge in [-0.2, -0.15) is 0 Å². The highest BCUT2D eigenvalue weighted by Gasteiger charge is 2.19. The van der Waals surface area contributed by atoms with Crippen molar-refractivity contribution in [3.8, 4) is 5.75 Å². The summed E-state index contributed by atoms with van der Waals surface area (Å²) in [4.78, 5) is 10.8. The summed E-state index contributed by atoms with van der Waals surface area (Å²) < 4.78 is 5.79. The first kappa shape index (κ1) is 18.6. The molecule has 144 valence electrons. The summed E-state index contributed by atoms with van der Waals surface area (Å²) in [6.45, 7) is 3.97. The van der Waals surface area contributed by atoms with Gasteiger partial charge in [-0.3, -0.25) is 14.9 Å². The van der Waals surface area contributed by atoms with Crippen molar-refractivity contribution in [1.29, 1.82) is 0 Å². The zero-order chi connectivity index (χ0) is 19.0. The number of piperidine rings is 1. The van der Waals surface area contributed by atoms with Gasteiger partial charge in [-0.15, -0.1) is 0 Å². The van der Waals surface area contributed by atoms with Crippen molar-refractivity contribution in [3.63, 3.8) is 0 Å². The predicted molar refractivity (Wildman–Crippen MR) is 111 cm³/mol. The molecule has 1 aromatic carbocycles. The van der Waals surface area contributed by atoms with E-state index in [1.807, 2.05) is 30.6 Å². The lowest BCUT2D eigenvalue weighted by atomic mass is 9.90. The first-order valence-electron chi connectivity index (χ1n) is 10.1. The minimum absolute atomic E-state index is 0.594. The second-order valence-corrected chi connectivity index (χ2v) is 7.57. The number of ether oxygens (including phenoxy) is 1. The normalized spacial score (nSPS) is 15.4. The molecule has 0 unspecified atom stereocenters. The van der Waals surface area contributed by atoms with Crippen molar-refractivity contribution in [3.05, 3.63) is 90.0 Å². The van der Waals surface area contributed by atoms with Crippen molar-refractivity contribution in [2.45, 2.75) is 32.4 Å². The van der Waals surface area contributed by atoms with Gasteiger partial charge >= 0.3 is 0 Å². The van der Waals surface area contributed by atoms with E-state index in [0.717, 1.165) is 18.2 Å². The quantitative estimate of drug-likeness (QED) is 0.611. The topological polar surface area (TPSA) is 38.2 Å². The molecule has 28 heavy (non-hydrogen) atoms. The van der Waals surface area contributed by atoms with Gasteiger partial charge in [-0.1, -0.05) is 30.3 Å². The zero-order valence-electron chi connectivity index (χ0n) is 16.2. The van der Waals surface area contributed by atoms with Gasteiger partial charge in [0.2, 0.25) is 0 Å². The van der Waals surface area contributed by atoms with Crippen LogP contribution in [0.5, 0.6) is 5.75 Å². The molecule has 1 aliphatic rings. The molecule has 0 N–H and O–H groups in total. The number of nitrogens with zero attached hydrogens (tertiary/aromatic N) is 3. The largest absolute Gasteiger partial charge is 0.489 e. The SMILES string of the molecule is c1cncc(CN2CCC(Cc3ccc(COc4ccncc4)cc3)CC2)c1. The number of pyridine rings is 2. The van der Waals surface area contributed by atoms with E-state index in [1.165, 1.54) is 49.0 Å². The Morgan fingerprint density at radius 3 is 2.29 bits per heavy atom. The highest BCUT2D eigenvalue weighted by Crippen LogP contribution is 2.23. The molecule has 3 aromatic rings. The second-order valence-electron chi connectivity index (χ2n) is 7.57. The Morgan fingerprint density at radius 1 is 0.821 bits per heavy atom. The summed E-state index contributed by atoms with van der Waals surface area (Å²) in [7, 11) is 0. The van der Waals surface area contributed by atoms with Crippen LogP contribution in [0.25, 0.3) is 0 Å². The lowest BCUT2D eigenvalue weighted by Gasteiger charge is -2.32. The van der Waals surface area contributed by atoms with E-state index in [0.29, 0.717) is 6.61 Å². The zero-order valence-corrected chi connectivity index (χ0v) is 16.2. The smallest absolute Gasteiger partial charge is 0.122 e. The van der Waals surface area contributed by atoms with Gasteiger partial charge in [-0.05, 0) is 73.2 Å². The number of hydrogen-bond acceptors (Lipinski definition) is 4. The number of rotatable bonds is 7. The van der Waals surface area contributed by atoms with Gasteiger partial charge in [0.05, 0.1) is 0 Å². The maximum atomic E-state index is 5.79. The van der Waals surface area contributed by atoms with Gasteiger partial charge in [0.15, 0.2) is 0 Å². The summed E-state index contributed by atoms with van der Waals surface area (Å²) in [6, 6.07) is 16.8. The molecule has 1 saturated heterocycles. The van der Waals surface area contributed by atoms with Crippen molar-refractivity contribution < 1.29 is 4.74 Å². The van der Waals surface area contributed by atoms with E-state index in [9.17, 15) is 0 Å². The first-order valence-corrected chi connectivity index (χ1v) is 10.1. The number of aromatic nitrogens is 2. The van der Waals surface area contributed by atoms with Crippen LogP contribution in [-0.2, 0) is 19.6 Å². The monoisotopic (exact) mass is 373 g/mol. The third-order valence-electron chi connectivity index (χ3n) is 5.44. The first-order chi connectivity index (χ1) is 13.8. The van der Waals surface area contributed by atoms with E-state index in [4.69, 9.17) is 4.74 Å². The van der Waals surface area contributed by atoms with Gasteiger partial charge in [0, 0.05) is 31.3 Å². The van der Waals surface area contributed by atoms with E-state index in [1.54, 1.807) is 12.4 Å². The van der Waals surface area contributed by atoms with Crippen LogP contribution in [0.15, 0.2) is 73.3 Å². The molecule has 2 aromatic heterocycles. The van der Waals surface area contributed by atoms with Crippen LogP contribution in [0.2, 0.25) is 0 Å². The third-order valence-corrected chi connectivity index (χ3v) is 5.44. The van der Waals surface area contributed by atoms with Crippen LogP contribution in [0, 0.1) is 5.92 Å². The lowest BCUT2D eigenvalue weighted by Crippen LogP contribution is -2.33. The number of likely N-dealkylation sites (tertiary alicyclic amines) is 1. The summed E-state index contributed by atoms with van der Waals surface area (Å²) in [5, 5.41) is 0. The van der Waals surface area contributed by atoms with Gasteiger partial charge in [0.1, 0.15) is 12.4 Å². The lowest BCUT2D eigenvalue weighted by molar-refractivity contribution is 0.177. The summed E-state index contributed by atoms with van der Waals surface area (Å²) >= 11 is 0. The Labute approximate surface area is 167 Å². The maximum absolute atomic E-state index is 5.79. The van der Waals surface area contributed by atoms with Crippen LogP contribution in [0.4, 0.5) is 0 Å². The predicted octanol–water partition coefficient (Wildman–Crippen LogP) is 4.51. The molecule has 0 spiro atoms. The van der Waals surface area contributed by atoms with Crippen LogP contribution < -0.4 is 4.74 Å². The summed E-state index contributed by atoms with van der Waals surface area (Å²) in [6.07, 6.45) is 11.0. The average Bonchev–Trinajstić information content (AvgIpc) is 2.76. The Bertz CT molecular complexity index is 829. The molecule has 0 aliphatic carbocycles. The highest BCUT2D eigenvalue weighted by molar-refractivity contribution is 5.24. The van der Waals surface area contributed by atoms with Crippen LogP contribution in [0.1, 0.15) is 29.5 Å². The maximum Gasteiger partial charge on any atom is 0.122 e. The Hall–Kier alpha value is -2.72. The van der Waals surface area contributed by atoms with Crippen molar-refractivity contribution >= 4 is 0 Å². The fourth-order valence-electron chi connectivity index (χ4n) is 3.80. The van der Waals surface area contributed by atoms with Crippen LogP contribution in [0.3, 0.4) is 0 Å². The van der Waals surface area contributed by atoms with Gasteiger partial charge < -0.3 is 4.74 Å². The molecule has 0 saturated carbocycles. The molecule has 4 heteroatoms. The molecule has 0 radical (unpaired) electrons. The molecule has 1 aliphatic heterocycles. The second kappa shape index (κ2) is 9.47. The minimum atomic E-state index is 0.594. The molecule has 0 amide bonds. The standard InChI is InChI=1S/C24H27N3O/c1-2-23(17-26-11-1)18-27-14-9-21(10-15-27)16-20-3-5-22(6-4-20)19-28-24-7-12-25-13-8-24/h1-8,11-13,17,21H,9-10,14-16,18-19H2. The Morgan fingerprint density at radius 2 is 1.57 bits per heavy atom. The fourth-order valence-corrected chi connectivity index (χ4v) is 3.80. The average molecular weight is 374 g/mol. The minimum Gasteiger partial charge on any atom is -0.489 e. The third kappa shape index (κ3) is 5.40. The molecule has 0 atom stereocenters. The Balaban J connectivity index is 1.22. The van der Waals surface area contributed by atoms with E-state index in [-0.39, 0.29) is 0 Å². The fraction of sp³-hybridized carbons (Fsp3) is 0.333. The van der Waals surface area contributed by atoms with Crippen molar-refractivity contribution in [1.82, 2.24) is 14.9 Å². The molecule has 1 fully saturated rings. The van der Waals surface area contributed by atoms with Crippen molar-refractivity contribution in [2.75, 3.05) is 13.1 Å². The highest BCUT2D eigenvalue weighted by atomic mass is 16.5. The van der Waals surface area contributed by atoms with E-state index >= 15 is 0 Å². The number of benzene rings is 1. The molecule has 4 rings (SSSR count). The molecule has 4 nitrogen and oxygen atoms in total. The summed E-state index contributed by atoms with van der Waals surface area (Å²) in [5.41, 5.74) is 3.94. The molecule has 3 heterocycles. The van der Waals surface area contributed by atoms with Crippen LogP contribution >= 0.6 is 0 Å². The van der Waals surface area contributed by atoms with Gasteiger partial charge in [0.25, 0.3) is 0 Å². The van der Waals surface area contributed by atoms with Crippen LogP contribution in [-0.4, -0.2) is 28.0 Å². The van der Waals surface area contributed by atoms with E-state index in [2.05, 4.69) is 45.2 Å². The Kier molecular flexibility index (Phi) is 6.30. The molecular formula is C24H27N3O. The molecule has 0 bridgehead atoms. The van der Waals surface area contributed by atoms with E-state index < -0.39 is 0 Å². The molecular weight excluding hydrogens is 346 g/mol. The van der Waals surface area contributed by atoms with Gasteiger partial charge in [-0.25, -0.2) is 0 Å². The number of hydrogen-bond donors (Lipinski definition) is 0. The van der Waals surface area contributed by atoms with Crippen molar-refractivity contribution in [2.24, 2.45) is 5.92 Å².